The number of carbonyl (C=O) groups is 3. The Morgan fingerprint density at radius 1 is 0.879 bits per heavy atom. The molecule has 10 rings (SSSR count). The molecule has 3 fully saturated rings. The largest absolute Gasteiger partial charge is 0.381 e. The van der Waals surface area contributed by atoms with E-state index in [1.165, 1.54) is 29.9 Å². The molecular weight excluding hydrogens is 751 g/mol. The van der Waals surface area contributed by atoms with Gasteiger partial charge in [0.1, 0.15) is 10.9 Å². The Bertz CT molecular complexity index is 2670. The van der Waals surface area contributed by atoms with Crippen LogP contribution in [0.5, 0.6) is 0 Å². The summed E-state index contributed by atoms with van der Waals surface area (Å²) in [6.07, 6.45) is 7.22. The van der Waals surface area contributed by atoms with E-state index in [0.717, 1.165) is 99.6 Å². The Kier molecular flexibility index (Phi) is 9.28. The van der Waals surface area contributed by atoms with Gasteiger partial charge in [-0.15, -0.1) is 11.3 Å². The van der Waals surface area contributed by atoms with Gasteiger partial charge in [0.2, 0.25) is 11.8 Å². The van der Waals surface area contributed by atoms with Crippen LogP contribution >= 0.6 is 11.3 Å². The van der Waals surface area contributed by atoms with E-state index in [1.807, 2.05) is 19.2 Å². The molecule has 13 nitrogen and oxygen atoms in total. The number of carbonyl (C=O) groups excluding carboxylic acids is 3. The summed E-state index contributed by atoms with van der Waals surface area (Å²) in [5, 5.41) is 11.1. The maximum Gasteiger partial charge on any atom is 0.329 e. The van der Waals surface area contributed by atoms with Crippen LogP contribution in [0, 0.1) is 5.92 Å². The van der Waals surface area contributed by atoms with Crippen LogP contribution in [-0.2, 0) is 16.6 Å². The number of imidazole rings is 1. The summed E-state index contributed by atoms with van der Waals surface area (Å²) in [4.78, 5) is 66.1. The fraction of sp³-hybridized carbons (Fsp3) is 0.409. The maximum absolute atomic E-state index is 13.2. The molecule has 0 bridgehead atoms. The molecule has 2 aromatic carbocycles. The predicted molar refractivity (Wildman–Crippen MR) is 228 cm³/mol. The lowest BCUT2D eigenvalue weighted by atomic mass is 9.80. The van der Waals surface area contributed by atoms with Gasteiger partial charge in [-0.2, -0.15) is 0 Å². The molecule has 1 unspecified atom stereocenters. The number of imide groups is 1. The number of rotatable bonds is 6. The third kappa shape index (κ3) is 6.51. The number of amides is 3. The molecule has 6 aromatic rings. The van der Waals surface area contributed by atoms with Gasteiger partial charge >= 0.3 is 5.69 Å². The molecular formula is C44H47N9O4S. The molecule has 4 aliphatic rings. The quantitative estimate of drug-likeness (QED) is 0.179. The number of benzene rings is 2. The standard InChI is InChI=1S/C44H47N9O4S/c1-25-22-46-40-39-30-9-11-32(48-33(30)12-15-37(39)58-41(40)43(56)47-25)28-7-10-31(45-23-28)27-5-3-26(4-6-27)24-51-17-19-52(20-18-51)29-8-13-34-36(21-29)50(2)44(57)53(34)35-14-16-38(54)49-42(35)55/h7-13,15,21,23,25-27,35,46H,3-6,14,16-20,22,24H2,1-2H3,(H,47,56)(H,49,54,55)/t25-,26-,27-,35?/m1/s1. The van der Waals surface area contributed by atoms with Gasteiger partial charge in [0.05, 0.1) is 27.9 Å². The first-order valence-corrected chi connectivity index (χ1v) is 21.4. The van der Waals surface area contributed by atoms with E-state index in [1.54, 1.807) is 16.2 Å². The van der Waals surface area contributed by atoms with Crippen LogP contribution in [0.2, 0.25) is 0 Å². The smallest absolute Gasteiger partial charge is 0.329 e. The van der Waals surface area contributed by atoms with E-state index < -0.39 is 11.9 Å². The number of anilines is 2. The van der Waals surface area contributed by atoms with Crippen LogP contribution in [0.25, 0.3) is 43.3 Å². The molecule has 1 saturated carbocycles. The number of nitrogens with one attached hydrogen (secondary N) is 3. The van der Waals surface area contributed by atoms with E-state index in [0.29, 0.717) is 30.3 Å². The van der Waals surface area contributed by atoms with Crippen molar-refractivity contribution in [1.82, 2.24) is 34.6 Å². The SMILES string of the molecule is C[C@@H]1CNc2c(sc3ccc4nc(-c5ccc([C@H]6CC[C@H](CN7CCN(c8ccc9c(c8)n(C)c(=O)n9C8CCC(=O)NC8=O)CC7)CC6)nc5)ccc4c23)C(=O)N1. The molecule has 1 aliphatic carbocycles. The maximum atomic E-state index is 13.2. The number of piperidine rings is 1. The molecule has 2 saturated heterocycles. The number of thiophene rings is 1. The number of aryl methyl sites for hydroxylation is 1. The minimum Gasteiger partial charge on any atom is -0.381 e. The van der Waals surface area contributed by atoms with Crippen molar-refractivity contribution in [3.63, 3.8) is 0 Å². The van der Waals surface area contributed by atoms with Gasteiger partial charge in [0, 0.05) is 103 Å². The van der Waals surface area contributed by atoms with Crippen LogP contribution in [0.4, 0.5) is 11.4 Å². The monoisotopic (exact) mass is 797 g/mol. The molecule has 4 aromatic heterocycles. The molecule has 0 radical (unpaired) electrons. The van der Waals surface area contributed by atoms with Crippen molar-refractivity contribution in [1.29, 1.82) is 0 Å². The van der Waals surface area contributed by atoms with E-state index in [4.69, 9.17) is 9.97 Å². The normalized spacial score (nSPS) is 23.1. The molecule has 0 spiro atoms. The number of pyridine rings is 2. The summed E-state index contributed by atoms with van der Waals surface area (Å²) in [5.74, 6) is 0.424. The first-order chi connectivity index (χ1) is 28.2. The van der Waals surface area contributed by atoms with Gasteiger partial charge in [-0.25, -0.2) is 9.78 Å². The van der Waals surface area contributed by atoms with Crippen LogP contribution in [0.15, 0.2) is 65.6 Å². The molecule has 2 atom stereocenters. The summed E-state index contributed by atoms with van der Waals surface area (Å²) in [6.45, 7) is 7.63. The van der Waals surface area contributed by atoms with Crippen LogP contribution in [-0.4, -0.2) is 87.0 Å². The lowest BCUT2D eigenvalue weighted by Gasteiger charge is -2.39. The highest BCUT2D eigenvalue weighted by molar-refractivity contribution is 7.21. The Morgan fingerprint density at radius 3 is 2.48 bits per heavy atom. The number of nitrogens with zero attached hydrogens (tertiary/aromatic N) is 6. The number of fused-ring (bicyclic) bond motifs is 6. The molecule has 14 heteroatoms. The van der Waals surface area contributed by atoms with Gasteiger partial charge in [0.15, 0.2) is 0 Å². The Morgan fingerprint density at radius 2 is 1.71 bits per heavy atom. The van der Waals surface area contributed by atoms with Crippen LogP contribution in [0.3, 0.4) is 0 Å². The average Bonchev–Trinajstić information content (AvgIpc) is 3.69. The summed E-state index contributed by atoms with van der Waals surface area (Å²) in [7, 11) is 1.74. The Labute approximate surface area is 339 Å². The number of piperazine rings is 1. The summed E-state index contributed by atoms with van der Waals surface area (Å²) >= 11 is 1.53. The minimum atomic E-state index is -0.680. The molecule has 3 aliphatic heterocycles. The van der Waals surface area contributed by atoms with Gasteiger partial charge < -0.3 is 15.5 Å². The lowest BCUT2D eigenvalue weighted by Crippen LogP contribution is -2.48. The van der Waals surface area contributed by atoms with Gasteiger partial charge in [0.25, 0.3) is 5.91 Å². The van der Waals surface area contributed by atoms with Crippen molar-refractivity contribution in [2.24, 2.45) is 13.0 Å². The summed E-state index contributed by atoms with van der Waals surface area (Å²) in [6, 6.07) is 18.1. The molecule has 3 amide bonds. The predicted octanol–water partition coefficient (Wildman–Crippen LogP) is 5.78. The van der Waals surface area contributed by atoms with Crippen LogP contribution in [0.1, 0.15) is 72.8 Å². The van der Waals surface area contributed by atoms with Gasteiger partial charge in [-0.3, -0.25) is 38.7 Å². The summed E-state index contributed by atoms with van der Waals surface area (Å²) < 4.78 is 4.23. The fourth-order valence-corrected chi connectivity index (χ4v) is 10.8. The minimum absolute atomic E-state index is 0.0210. The van der Waals surface area contributed by atoms with E-state index in [2.05, 4.69) is 74.3 Å². The zero-order valence-electron chi connectivity index (χ0n) is 32.8. The molecule has 58 heavy (non-hydrogen) atoms. The second-order valence-corrected chi connectivity index (χ2v) is 17.6. The van der Waals surface area contributed by atoms with E-state index in [-0.39, 0.29) is 30.0 Å². The van der Waals surface area contributed by atoms with Gasteiger partial charge in [-0.05, 0) is 99.5 Å². The highest BCUT2D eigenvalue weighted by atomic mass is 32.1. The highest BCUT2D eigenvalue weighted by Gasteiger charge is 2.32. The Hall–Kier alpha value is -5.60. The van der Waals surface area contributed by atoms with Crippen molar-refractivity contribution >= 4 is 72.5 Å². The second-order valence-electron chi connectivity index (χ2n) is 16.6. The first kappa shape index (κ1) is 36.7. The van der Waals surface area contributed by atoms with Gasteiger partial charge in [-0.1, -0.05) is 0 Å². The lowest BCUT2D eigenvalue weighted by molar-refractivity contribution is -0.135. The molecule has 3 N–H and O–H groups in total. The number of hydrogen-bond acceptors (Lipinski definition) is 10. The zero-order chi connectivity index (χ0) is 39.7. The number of aromatic nitrogens is 4. The average molecular weight is 798 g/mol. The zero-order valence-corrected chi connectivity index (χ0v) is 33.6. The van der Waals surface area contributed by atoms with E-state index in [9.17, 15) is 19.2 Å². The fourth-order valence-electron chi connectivity index (χ4n) is 9.66. The number of hydrogen-bond donors (Lipinski definition) is 3. The molecule has 7 heterocycles. The van der Waals surface area contributed by atoms with Crippen molar-refractivity contribution in [3.8, 4) is 11.3 Å². The summed E-state index contributed by atoms with van der Waals surface area (Å²) in [5.41, 5.74) is 7.22. The van der Waals surface area contributed by atoms with E-state index >= 15 is 0 Å². The highest BCUT2D eigenvalue weighted by Crippen LogP contribution is 2.42. The third-order valence-electron chi connectivity index (χ3n) is 12.9. The first-order valence-electron chi connectivity index (χ1n) is 20.6. The van der Waals surface area contributed by atoms with Crippen molar-refractivity contribution in [2.45, 2.75) is 63.5 Å². The Balaban J connectivity index is 0.743. The van der Waals surface area contributed by atoms with Crippen molar-refractivity contribution in [2.75, 3.05) is 49.5 Å². The molecule has 298 valence electrons. The third-order valence-corrected chi connectivity index (χ3v) is 14.0. The van der Waals surface area contributed by atoms with Crippen molar-refractivity contribution < 1.29 is 14.4 Å². The van der Waals surface area contributed by atoms with Crippen LogP contribution < -0.4 is 26.5 Å². The van der Waals surface area contributed by atoms with Crippen molar-refractivity contribution in [3.05, 3.63) is 81.8 Å². The second kappa shape index (κ2) is 14.7. The topological polar surface area (TPSA) is 146 Å².